The number of nitrogens with one attached hydrogen (secondary N) is 2. The lowest BCUT2D eigenvalue weighted by Gasteiger charge is -2.35. The lowest BCUT2D eigenvalue weighted by Crippen LogP contribution is -2.45. The smallest absolute Gasteiger partial charge is 0.273 e. The summed E-state index contributed by atoms with van der Waals surface area (Å²) in [5.41, 5.74) is 4.44. The standard InChI is InChI=1S/C24H26N6O2S/c1-25-22(31)19-5-4-16(13-26-19)29-10-8-28(9-11-29)14-17-12-20-24(33-17)30-7-6-18(15-2-3-15)21(30)23(32)27-20/h4-7,12-13,15H,2-3,8-11,14H2,1H3,(H,25,31)(H,27,32). The Labute approximate surface area is 194 Å². The predicted molar refractivity (Wildman–Crippen MR) is 130 cm³/mol. The Morgan fingerprint density at radius 1 is 1.21 bits per heavy atom. The van der Waals surface area contributed by atoms with Crippen molar-refractivity contribution in [1.82, 2.24) is 24.6 Å². The van der Waals surface area contributed by atoms with Gasteiger partial charge in [-0.25, -0.2) is 4.98 Å². The molecule has 0 bridgehead atoms. The lowest BCUT2D eigenvalue weighted by molar-refractivity contribution is 0.0958. The molecule has 2 N–H and O–H groups in total. The van der Waals surface area contributed by atoms with E-state index in [0.717, 1.165) is 54.3 Å². The molecule has 33 heavy (non-hydrogen) atoms. The Hall–Kier alpha value is -3.17. The number of amides is 1. The SMILES string of the molecule is CNC(=O)c1ccc(N2CCN(Cc3cc4[nH]c(=O)c5c(C6CC6)ccn5c4s3)CC2)cn1. The molecule has 8 nitrogen and oxygen atoms in total. The summed E-state index contributed by atoms with van der Waals surface area (Å²) < 4.78 is 2.09. The normalized spacial score (nSPS) is 17.2. The number of aromatic amines is 1. The fraction of sp³-hybridized carbons (Fsp3) is 0.375. The van der Waals surface area contributed by atoms with Crippen molar-refractivity contribution in [3.8, 4) is 0 Å². The van der Waals surface area contributed by atoms with Crippen molar-refractivity contribution in [2.75, 3.05) is 38.1 Å². The first-order chi connectivity index (χ1) is 16.1. The molecule has 1 amide bonds. The second-order valence-electron chi connectivity index (χ2n) is 8.89. The molecule has 0 unspecified atom stereocenters. The number of hydrogen-bond acceptors (Lipinski definition) is 6. The maximum absolute atomic E-state index is 12.7. The molecule has 0 spiro atoms. The monoisotopic (exact) mass is 462 g/mol. The van der Waals surface area contributed by atoms with Gasteiger partial charge in [-0.1, -0.05) is 0 Å². The molecule has 1 aliphatic heterocycles. The number of pyridine rings is 1. The first kappa shape index (κ1) is 20.4. The van der Waals surface area contributed by atoms with E-state index in [1.54, 1.807) is 30.6 Å². The third-order valence-corrected chi connectivity index (χ3v) is 7.82. The zero-order valence-electron chi connectivity index (χ0n) is 18.5. The minimum Gasteiger partial charge on any atom is -0.368 e. The summed E-state index contributed by atoms with van der Waals surface area (Å²) >= 11 is 1.77. The Morgan fingerprint density at radius 2 is 2.03 bits per heavy atom. The van der Waals surface area contributed by atoms with Gasteiger partial charge in [0.15, 0.2) is 0 Å². The van der Waals surface area contributed by atoms with Crippen LogP contribution in [0.4, 0.5) is 5.69 Å². The van der Waals surface area contributed by atoms with Crippen LogP contribution in [-0.2, 0) is 6.54 Å². The number of fused-ring (bicyclic) bond motifs is 3. The maximum Gasteiger partial charge on any atom is 0.273 e. The second kappa shape index (κ2) is 8.00. The highest BCUT2D eigenvalue weighted by atomic mass is 32.1. The molecule has 2 fully saturated rings. The van der Waals surface area contributed by atoms with Crippen LogP contribution in [0.1, 0.15) is 39.7 Å². The first-order valence-corrected chi connectivity index (χ1v) is 12.2. The molecule has 0 atom stereocenters. The number of hydrogen-bond donors (Lipinski definition) is 2. The maximum atomic E-state index is 12.7. The van der Waals surface area contributed by atoms with Gasteiger partial charge in [0, 0.05) is 50.8 Å². The molecule has 4 aromatic heterocycles. The molecule has 9 heteroatoms. The largest absolute Gasteiger partial charge is 0.368 e. The summed E-state index contributed by atoms with van der Waals surface area (Å²) in [6, 6.07) is 7.99. The van der Waals surface area contributed by atoms with E-state index in [-0.39, 0.29) is 11.5 Å². The number of thiophene rings is 1. The van der Waals surface area contributed by atoms with Gasteiger partial charge in [0.1, 0.15) is 16.0 Å². The molecular weight excluding hydrogens is 436 g/mol. The Kier molecular flexibility index (Phi) is 4.95. The van der Waals surface area contributed by atoms with Crippen LogP contribution in [0.25, 0.3) is 15.9 Å². The number of nitrogens with zero attached hydrogens (tertiary/aromatic N) is 4. The highest BCUT2D eigenvalue weighted by Gasteiger charge is 2.28. The van der Waals surface area contributed by atoms with Gasteiger partial charge in [0.05, 0.1) is 17.4 Å². The average Bonchev–Trinajstić information content (AvgIpc) is 3.45. The molecule has 1 aliphatic carbocycles. The summed E-state index contributed by atoms with van der Waals surface area (Å²) in [5.74, 6) is 0.386. The van der Waals surface area contributed by atoms with Crippen molar-refractivity contribution in [2.24, 2.45) is 0 Å². The summed E-state index contributed by atoms with van der Waals surface area (Å²) in [4.78, 5) is 39.0. The van der Waals surface area contributed by atoms with Crippen LogP contribution >= 0.6 is 11.3 Å². The first-order valence-electron chi connectivity index (χ1n) is 11.4. The number of carbonyl (C=O) groups is 1. The van der Waals surface area contributed by atoms with Crippen LogP contribution in [0, 0.1) is 0 Å². The van der Waals surface area contributed by atoms with E-state index < -0.39 is 0 Å². The summed E-state index contributed by atoms with van der Waals surface area (Å²) in [5, 5.41) is 2.60. The predicted octanol–water partition coefficient (Wildman–Crippen LogP) is 2.80. The van der Waals surface area contributed by atoms with E-state index in [0.29, 0.717) is 11.6 Å². The average molecular weight is 463 g/mol. The van der Waals surface area contributed by atoms with E-state index >= 15 is 0 Å². The summed E-state index contributed by atoms with van der Waals surface area (Å²) in [6.07, 6.45) is 6.21. The second-order valence-corrected chi connectivity index (χ2v) is 10.0. The molecule has 4 aromatic rings. The number of H-pyrrole nitrogens is 1. The molecule has 5 heterocycles. The molecule has 1 saturated carbocycles. The quantitative estimate of drug-likeness (QED) is 0.476. The van der Waals surface area contributed by atoms with Crippen LogP contribution in [0.15, 0.2) is 41.5 Å². The summed E-state index contributed by atoms with van der Waals surface area (Å²) in [6.45, 7) is 4.60. The van der Waals surface area contributed by atoms with E-state index in [4.69, 9.17) is 0 Å². The molecule has 0 radical (unpaired) electrons. The van der Waals surface area contributed by atoms with Crippen molar-refractivity contribution in [2.45, 2.75) is 25.3 Å². The molecule has 1 saturated heterocycles. The Bertz CT molecular complexity index is 1390. The number of anilines is 1. The van der Waals surface area contributed by atoms with Crippen LogP contribution < -0.4 is 15.8 Å². The van der Waals surface area contributed by atoms with Gasteiger partial charge in [0.2, 0.25) is 0 Å². The number of carbonyl (C=O) groups excluding carboxylic acids is 1. The van der Waals surface area contributed by atoms with Crippen LogP contribution in [0.2, 0.25) is 0 Å². The van der Waals surface area contributed by atoms with E-state index in [9.17, 15) is 9.59 Å². The molecular formula is C24H26N6O2S. The van der Waals surface area contributed by atoms with E-state index in [1.165, 1.54) is 23.3 Å². The van der Waals surface area contributed by atoms with Crippen molar-refractivity contribution < 1.29 is 4.79 Å². The molecule has 6 rings (SSSR count). The van der Waals surface area contributed by atoms with Crippen LogP contribution in [0.3, 0.4) is 0 Å². The minimum atomic E-state index is -0.169. The number of aromatic nitrogens is 3. The number of piperazine rings is 1. The van der Waals surface area contributed by atoms with E-state index in [2.05, 4.69) is 47.8 Å². The third-order valence-electron chi connectivity index (χ3n) is 6.70. The molecule has 2 aliphatic rings. The van der Waals surface area contributed by atoms with E-state index in [1.807, 2.05) is 6.07 Å². The topological polar surface area (TPSA) is 85.7 Å². The van der Waals surface area contributed by atoms with Crippen LogP contribution in [0.5, 0.6) is 0 Å². The van der Waals surface area contributed by atoms with Gasteiger partial charge in [-0.2, -0.15) is 0 Å². The summed E-state index contributed by atoms with van der Waals surface area (Å²) in [7, 11) is 1.61. The van der Waals surface area contributed by atoms with Gasteiger partial charge < -0.3 is 19.6 Å². The van der Waals surface area contributed by atoms with Gasteiger partial charge in [0.25, 0.3) is 11.5 Å². The van der Waals surface area contributed by atoms with Gasteiger partial charge in [-0.3, -0.25) is 14.5 Å². The van der Waals surface area contributed by atoms with Gasteiger partial charge in [-0.05, 0) is 48.6 Å². The highest BCUT2D eigenvalue weighted by Crippen LogP contribution is 2.42. The lowest BCUT2D eigenvalue weighted by atomic mass is 10.2. The van der Waals surface area contributed by atoms with Crippen molar-refractivity contribution in [3.63, 3.8) is 0 Å². The van der Waals surface area contributed by atoms with Crippen molar-refractivity contribution in [3.05, 3.63) is 63.1 Å². The molecule has 0 aromatic carbocycles. The van der Waals surface area contributed by atoms with Crippen LogP contribution in [-0.4, -0.2) is 58.4 Å². The zero-order valence-corrected chi connectivity index (χ0v) is 19.3. The fourth-order valence-corrected chi connectivity index (χ4v) is 5.90. The Balaban J connectivity index is 1.16. The van der Waals surface area contributed by atoms with Crippen molar-refractivity contribution in [1.29, 1.82) is 0 Å². The van der Waals surface area contributed by atoms with Gasteiger partial charge in [-0.15, -0.1) is 11.3 Å². The van der Waals surface area contributed by atoms with Gasteiger partial charge >= 0.3 is 0 Å². The zero-order chi connectivity index (χ0) is 22.5. The highest BCUT2D eigenvalue weighted by molar-refractivity contribution is 7.18. The Morgan fingerprint density at radius 3 is 2.73 bits per heavy atom. The minimum absolute atomic E-state index is 0.0170. The number of rotatable bonds is 5. The van der Waals surface area contributed by atoms with Crippen molar-refractivity contribution >= 4 is 38.8 Å². The molecule has 170 valence electrons. The third kappa shape index (κ3) is 3.71. The fourth-order valence-electron chi connectivity index (χ4n) is 4.76.